The highest BCUT2D eigenvalue weighted by Gasteiger charge is 2.13. The molecule has 0 aliphatic heterocycles. The van der Waals surface area contributed by atoms with Gasteiger partial charge in [-0.3, -0.25) is 4.90 Å². The van der Waals surface area contributed by atoms with Crippen LogP contribution in [-0.4, -0.2) is 42.8 Å². The molecular weight excluding hydrogens is 210 g/mol. The van der Waals surface area contributed by atoms with Gasteiger partial charge in [0.25, 0.3) is 0 Å². The summed E-state index contributed by atoms with van der Waals surface area (Å²) in [5.41, 5.74) is 0.183. The van der Waals surface area contributed by atoms with E-state index in [0.29, 0.717) is 18.9 Å². The summed E-state index contributed by atoms with van der Waals surface area (Å²) in [6.07, 6.45) is 1.26. The normalized spacial score (nSPS) is 13.0. The van der Waals surface area contributed by atoms with E-state index in [2.05, 4.69) is 0 Å². The number of nitrogens with zero attached hydrogens (tertiary/aromatic N) is 1. The van der Waals surface area contributed by atoms with Crippen LogP contribution in [0.2, 0.25) is 0 Å². The van der Waals surface area contributed by atoms with Gasteiger partial charge in [0.2, 0.25) is 0 Å². The Bertz CT molecular complexity index is 348. The largest absolute Gasteiger partial charge is 0.478 e. The minimum atomic E-state index is -0.970. The van der Waals surface area contributed by atoms with Gasteiger partial charge in [0.05, 0.1) is 18.7 Å². The molecule has 1 heterocycles. The first-order chi connectivity index (χ1) is 7.54. The zero-order valence-electron chi connectivity index (χ0n) is 9.77. The average Bonchev–Trinajstić information content (AvgIpc) is 2.66. The summed E-state index contributed by atoms with van der Waals surface area (Å²) in [5.74, 6) is -0.328. The summed E-state index contributed by atoms with van der Waals surface area (Å²) >= 11 is 0. The number of carbonyl (C=O) groups is 1. The van der Waals surface area contributed by atoms with Gasteiger partial charge in [-0.2, -0.15) is 0 Å². The molecule has 1 unspecified atom stereocenters. The summed E-state index contributed by atoms with van der Waals surface area (Å²) in [7, 11) is 3.59. The molecule has 0 aliphatic rings. The molecule has 1 aromatic heterocycles. The number of hydrogen-bond acceptors (Lipinski definition) is 4. The first-order valence-corrected chi connectivity index (χ1v) is 5.04. The topological polar surface area (TPSA) is 62.9 Å². The number of hydrogen-bond donors (Lipinski definition) is 1. The maximum absolute atomic E-state index is 10.6. The van der Waals surface area contributed by atoms with E-state index in [0.717, 1.165) is 0 Å². The zero-order valence-corrected chi connectivity index (χ0v) is 9.77. The molecule has 1 N–H and O–H groups in total. The number of likely N-dealkylation sites (N-methyl/N-ethyl adjacent to an activating group) is 1. The lowest BCUT2D eigenvalue weighted by molar-refractivity contribution is 0.0696. The molecule has 0 saturated carbocycles. The second-order valence-corrected chi connectivity index (χ2v) is 3.83. The first kappa shape index (κ1) is 12.7. The second kappa shape index (κ2) is 5.67. The summed E-state index contributed by atoms with van der Waals surface area (Å²) in [6, 6.07) is 1.79. The zero-order chi connectivity index (χ0) is 12.1. The lowest BCUT2D eigenvalue weighted by Gasteiger charge is -2.22. The van der Waals surface area contributed by atoms with Crippen LogP contribution >= 0.6 is 0 Å². The third-order valence-electron chi connectivity index (χ3n) is 2.47. The smallest absolute Gasteiger partial charge is 0.338 e. The van der Waals surface area contributed by atoms with Crippen molar-refractivity contribution in [3.63, 3.8) is 0 Å². The highest BCUT2D eigenvalue weighted by Crippen LogP contribution is 2.11. The molecule has 0 bridgehead atoms. The van der Waals surface area contributed by atoms with E-state index in [1.807, 2.05) is 18.9 Å². The Morgan fingerprint density at radius 1 is 1.69 bits per heavy atom. The van der Waals surface area contributed by atoms with Crippen LogP contribution in [0.4, 0.5) is 0 Å². The number of carboxylic acid groups (broad SMARTS) is 1. The van der Waals surface area contributed by atoms with Gasteiger partial charge in [0.15, 0.2) is 0 Å². The molecule has 90 valence electrons. The van der Waals surface area contributed by atoms with Gasteiger partial charge >= 0.3 is 5.97 Å². The maximum Gasteiger partial charge on any atom is 0.338 e. The molecule has 5 nitrogen and oxygen atoms in total. The Hall–Kier alpha value is -1.33. The van der Waals surface area contributed by atoms with Gasteiger partial charge in [0.1, 0.15) is 12.0 Å². The van der Waals surface area contributed by atoms with Crippen LogP contribution in [-0.2, 0) is 11.3 Å². The minimum absolute atomic E-state index is 0.183. The Labute approximate surface area is 94.6 Å². The first-order valence-electron chi connectivity index (χ1n) is 5.04. The van der Waals surface area contributed by atoms with E-state index in [4.69, 9.17) is 14.3 Å². The van der Waals surface area contributed by atoms with Crippen molar-refractivity contribution in [2.45, 2.75) is 19.5 Å². The summed E-state index contributed by atoms with van der Waals surface area (Å²) in [5, 5.41) is 8.73. The summed E-state index contributed by atoms with van der Waals surface area (Å²) in [6.45, 7) is 3.23. The predicted octanol–water partition coefficient (Wildman–Crippen LogP) is 1.44. The molecule has 5 heteroatoms. The van der Waals surface area contributed by atoms with Gasteiger partial charge < -0.3 is 14.3 Å². The highest BCUT2D eigenvalue weighted by molar-refractivity contribution is 5.87. The molecule has 0 saturated heterocycles. The third-order valence-corrected chi connectivity index (χ3v) is 2.47. The summed E-state index contributed by atoms with van der Waals surface area (Å²) in [4.78, 5) is 12.7. The fraction of sp³-hybridized carbons (Fsp3) is 0.545. The molecule has 16 heavy (non-hydrogen) atoms. The van der Waals surface area contributed by atoms with Crippen molar-refractivity contribution in [1.29, 1.82) is 0 Å². The quantitative estimate of drug-likeness (QED) is 0.796. The van der Waals surface area contributed by atoms with Crippen molar-refractivity contribution in [3.05, 3.63) is 23.7 Å². The van der Waals surface area contributed by atoms with Crippen LogP contribution in [0.5, 0.6) is 0 Å². The van der Waals surface area contributed by atoms with Crippen molar-refractivity contribution in [2.24, 2.45) is 0 Å². The van der Waals surface area contributed by atoms with Crippen molar-refractivity contribution >= 4 is 5.97 Å². The monoisotopic (exact) mass is 227 g/mol. The van der Waals surface area contributed by atoms with Crippen molar-refractivity contribution in [1.82, 2.24) is 4.90 Å². The number of ether oxygens (including phenoxy) is 1. The van der Waals surface area contributed by atoms with Gasteiger partial charge in [-0.25, -0.2) is 4.79 Å². The Morgan fingerprint density at radius 2 is 2.38 bits per heavy atom. The van der Waals surface area contributed by atoms with E-state index in [-0.39, 0.29) is 11.6 Å². The molecule has 1 atom stereocenters. The number of rotatable bonds is 6. The standard InChI is InChI=1S/C11H17NO4/c1-8(6-15-3)12(2)5-10-4-9(7-16-10)11(13)14/h4,7-8H,5-6H2,1-3H3,(H,13,14). The van der Waals surface area contributed by atoms with E-state index < -0.39 is 5.97 Å². The average molecular weight is 227 g/mol. The van der Waals surface area contributed by atoms with Crippen molar-refractivity contribution in [2.75, 3.05) is 20.8 Å². The van der Waals surface area contributed by atoms with Crippen LogP contribution in [0.1, 0.15) is 23.0 Å². The molecule has 0 aliphatic carbocycles. The lowest BCUT2D eigenvalue weighted by atomic mass is 10.2. The second-order valence-electron chi connectivity index (χ2n) is 3.83. The predicted molar refractivity (Wildman–Crippen MR) is 58.5 cm³/mol. The molecule has 0 spiro atoms. The maximum atomic E-state index is 10.6. The van der Waals surface area contributed by atoms with E-state index in [1.165, 1.54) is 6.26 Å². The van der Waals surface area contributed by atoms with E-state index in [9.17, 15) is 4.79 Å². The number of furan rings is 1. The molecule has 0 amide bonds. The van der Waals surface area contributed by atoms with Crippen LogP contribution in [0.15, 0.2) is 16.7 Å². The summed E-state index contributed by atoms with van der Waals surface area (Å²) < 4.78 is 10.2. The fourth-order valence-electron chi connectivity index (χ4n) is 1.35. The lowest BCUT2D eigenvalue weighted by Crippen LogP contribution is -2.31. The molecule has 0 radical (unpaired) electrons. The number of aromatic carboxylic acids is 1. The van der Waals surface area contributed by atoms with Crippen molar-refractivity contribution < 1.29 is 19.1 Å². The molecule has 0 aromatic carbocycles. The fourth-order valence-corrected chi connectivity index (χ4v) is 1.35. The van der Waals surface area contributed by atoms with Crippen LogP contribution in [0.25, 0.3) is 0 Å². The highest BCUT2D eigenvalue weighted by atomic mass is 16.5. The molecule has 0 fully saturated rings. The SMILES string of the molecule is COCC(C)N(C)Cc1cc(C(=O)O)co1. The van der Waals surface area contributed by atoms with Gasteiger partial charge in [-0.1, -0.05) is 0 Å². The minimum Gasteiger partial charge on any atom is -0.478 e. The molecule has 1 aromatic rings. The van der Waals surface area contributed by atoms with Crippen LogP contribution in [0.3, 0.4) is 0 Å². The Kier molecular flexibility index (Phi) is 4.52. The van der Waals surface area contributed by atoms with Gasteiger partial charge in [0, 0.05) is 13.2 Å². The van der Waals surface area contributed by atoms with E-state index >= 15 is 0 Å². The number of carboxylic acids is 1. The van der Waals surface area contributed by atoms with Crippen LogP contribution < -0.4 is 0 Å². The van der Waals surface area contributed by atoms with Gasteiger partial charge in [-0.05, 0) is 20.0 Å². The number of methoxy groups -OCH3 is 1. The molecular formula is C11H17NO4. The van der Waals surface area contributed by atoms with Crippen molar-refractivity contribution in [3.8, 4) is 0 Å². The Morgan fingerprint density at radius 3 is 2.88 bits per heavy atom. The van der Waals surface area contributed by atoms with Gasteiger partial charge in [-0.15, -0.1) is 0 Å². The van der Waals surface area contributed by atoms with E-state index in [1.54, 1.807) is 13.2 Å². The van der Waals surface area contributed by atoms with Crippen LogP contribution in [0, 0.1) is 0 Å². The molecule has 1 rings (SSSR count). The Balaban J connectivity index is 2.55. The third kappa shape index (κ3) is 3.36.